The first-order valence-corrected chi connectivity index (χ1v) is 11.3. The van der Waals surface area contributed by atoms with Crippen LogP contribution in [0.5, 0.6) is 11.5 Å². The van der Waals surface area contributed by atoms with E-state index in [4.69, 9.17) is 14.2 Å². The van der Waals surface area contributed by atoms with Gasteiger partial charge < -0.3 is 29.3 Å². The van der Waals surface area contributed by atoms with E-state index < -0.39 is 0 Å². The van der Waals surface area contributed by atoms with Crippen LogP contribution < -0.4 is 14.8 Å². The zero-order valence-electron chi connectivity index (χ0n) is 18.5. The van der Waals surface area contributed by atoms with Crippen molar-refractivity contribution in [3.8, 4) is 11.5 Å². The van der Waals surface area contributed by atoms with Crippen molar-refractivity contribution >= 4 is 17.6 Å². The van der Waals surface area contributed by atoms with Gasteiger partial charge >= 0.3 is 6.03 Å². The average molecular weight is 432 g/mol. The molecule has 0 aromatic heterocycles. The molecule has 1 aromatic rings. The fourth-order valence-electron chi connectivity index (χ4n) is 4.61. The van der Waals surface area contributed by atoms with Crippen LogP contribution in [0.2, 0.25) is 0 Å². The van der Waals surface area contributed by atoms with E-state index in [1.807, 2.05) is 4.90 Å². The van der Waals surface area contributed by atoms with E-state index in [2.05, 4.69) is 10.2 Å². The van der Waals surface area contributed by atoms with Gasteiger partial charge in [-0.1, -0.05) is 0 Å². The normalized spacial score (nSPS) is 20.3. The third-order valence-corrected chi connectivity index (χ3v) is 6.56. The lowest BCUT2D eigenvalue weighted by Gasteiger charge is -2.43. The Morgan fingerprint density at radius 1 is 1.00 bits per heavy atom. The first-order valence-electron chi connectivity index (χ1n) is 11.3. The fourth-order valence-corrected chi connectivity index (χ4v) is 4.61. The minimum Gasteiger partial charge on any atom is -0.497 e. The van der Waals surface area contributed by atoms with E-state index in [1.54, 1.807) is 32.4 Å². The SMILES string of the molecule is COc1ccc(NC(=O)N2CCC(N(C(=O)C3CC3)C3CCOCC3)CC2)c(OC)c1. The fraction of sp³-hybridized carbons (Fsp3) is 0.652. The molecule has 3 amide bonds. The highest BCUT2D eigenvalue weighted by molar-refractivity contribution is 5.91. The zero-order valence-corrected chi connectivity index (χ0v) is 18.5. The van der Waals surface area contributed by atoms with Crippen molar-refractivity contribution in [2.75, 3.05) is 45.8 Å². The molecule has 0 unspecified atom stereocenters. The maximum absolute atomic E-state index is 13.1. The number of benzene rings is 1. The predicted octanol–water partition coefficient (Wildman–Crippen LogP) is 3.12. The Kier molecular flexibility index (Phi) is 6.85. The van der Waals surface area contributed by atoms with Gasteiger partial charge in [0.2, 0.25) is 5.91 Å². The summed E-state index contributed by atoms with van der Waals surface area (Å²) in [4.78, 5) is 29.9. The second-order valence-electron chi connectivity index (χ2n) is 8.58. The smallest absolute Gasteiger partial charge is 0.321 e. The van der Waals surface area contributed by atoms with Gasteiger partial charge in [0.05, 0.1) is 19.9 Å². The van der Waals surface area contributed by atoms with Crippen molar-refractivity contribution < 1.29 is 23.8 Å². The lowest BCUT2D eigenvalue weighted by atomic mass is 9.97. The molecule has 1 aliphatic carbocycles. The summed E-state index contributed by atoms with van der Waals surface area (Å²) in [6.07, 6.45) is 5.48. The van der Waals surface area contributed by atoms with Gasteiger partial charge in [0.15, 0.2) is 0 Å². The highest BCUT2D eigenvalue weighted by Gasteiger charge is 2.41. The summed E-state index contributed by atoms with van der Waals surface area (Å²) in [5.74, 6) is 1.76. The quantitative estimate of drug-likeness (QED) is 0.749. The van der Waals surface area contributed by atoms with Crippen molar-refractivity contribution in [1.82, 2.24) is 9.80 Å². The van der Waals surface area contributed by atoms with Crippen LogP contribution in [-0.4, -0.2) is 74.3 Å². The molecule has 2 heterocycles. The summed E-state index contributed by atoms with van der Waals surface area (Å²) in [6.45, 7) is 2.72. The molecular formula is C23H33N3O5. The first-order chi connectivity index (χ1) is 15.1. The molecule has 3 fully saturated rings. The van der Waals surface area contributed by atoms with Gasteiger partial charge in [0, 0.05) is 50.4 Å². The number of amides is 3. The van der Waals surface area contributed by atoms with Gasteiger partial charge in [0.25, 0.3) is 0 Å². The summed E-state index contributed by atoms with van der Waals surface area (Å²) in [7, 11) is 3.16. The number of nitrogens with zero attached hydrogens (tertiary/aromatic N) is 2. The lowest BCUT2D eigenvalue weighted by molar-refractivity contribution is -0.141. The number of carbonyl (C=O) groups is 2. The summed E-state index contributed by atoms with van der Waals surface area (Å²) < 4.78 is 16.1. The Morgan fingerprint density at radius 3 is 2.29 bits per heavy atom. The third kappa shape index (κ3) is 5.06. The van der Waals surface area contributed by atoms with Crippen LogP contribution in [-0.2, 0) is 9.53 Å². The van der Waals surface area contributed by atoms with Crippen LogP contribution in [0.1, 0.15) is 38.5 Å². The number of carbonyl (C=O) groups excluding carboxylic acids is 2. The highest BCUT2D eigenvalue weighted by atomic mass is 16.5. The van der Waals surface area contributed by atoms with Gasteiger partial charge in [-0.2, -0.15) is 0 Å². The van der Waals surface area contributed by atoms with E-state index >= 15 is 0 Å². The standard InChI is InChI=1S/C23H33N3O5/c1-29-19-5-6-20(21(15-19)30-2)24-23(28)25-11-7-17(8-12-25)26(22(27)16-3-4-16)18-9-13-31-14-10-18/h5-6,15-18H,3-4,7-14H2,1-2H3,(H,24,28). The van der Waals surface area contributed by atoms with Crippen molar-refractivity contribution in [1.29, 1.82) is 0 Å². The molecule has 8 heteroatoms. The van der Waals surface area contributed by atoms with E-state index in [0.717, 1.165) is 51.7 Å². The Labute approximate surface area is 183 Å². The molecule has 0 radical (unpaired) electrons. The van der Waals surface area contributed by atoms with Gasteiger partial charge in [-0.3, -0.25) is 4.79 Å². The zero-order chi connectivity index (χ0) is 21.8. The van der Waals surface area contributed by atoms with Crippen molar-refractivity contribution in [2.24, 2.45) is 5.92 Å². The molecule has 1 N–H and O–H groups in total. The maximum Gasteiger partial charge on any atom is 0.321 e. The molecule has 0 spiro atoms. The number of rotatable bonds is 6. The first kappa shape index (κ1) is 21.7. The minimum absolute atomic E-state index is 0.145. The van der Waals surface area contributed by atoms with Crippen molar-refractivity contribution in [2.45, 2.75) is 50.6 Å². The molecule has 1 aromatic carbocycles. The number of nitrogens with one attached hydrogen (secondary N) is 1. The van der Waals surface area contributed by atoms with Crippen molar-refractivity contribution in [3.05, 3.63) is 18.2 Å². The largest absolute Gasteiger partial charge is 0.497 e. The molecule has 4 rings (SSSR count). The molecule has 3 aliphatic rings. The molecule has 170 valence electrons. The van der Waals surface area contributed by atoms with Crippen molar-refractivity contribution in [3.63, 3.8) is 0 Å². The molecule has 1 saturated carbocycles. The number of piperidine rings is 1. The molecule has 31 heavy (non-hydrogen) atoms. The topological polar surface area (TPSA) is 80.3 Å². The summed E-state index contributed by atoms with van der Waals surface area (Å²) >= 11 is 0. The number of ether oxygens (including phenoxy) is 3. The minimum atomic E-state index is -0.145. The van der Waals surface area contributed by atoms with E-state index in [0.29, 0.717) is 36.2 Å². The number of anilines is 1. The monoisotopic (exact) mass is 431 g/mol. The Hall–Kier alpha value is -2.48. The molecular weight excluding hydrogens is 398 g/mol. The Balaban J connectivity index is 1.36. The van der Waals surface area contributed by atoms with E-state index in [-0.39, 0.29) is 24.0 Å². The van der Waals surface area contributed by atoms with Crippen LogP contribution in [0, 0.1) is 5.92 Å². The lowest BCUT2D eigenvalue weighted by Crippen LogP contribution is -2.54. The molecule has 2 saturated heterocycles. The van der Waals surface area contributed by atoms with Crippen LogP contribution in [0.4, 0.5) is 10.5 Å². The molecule has 0 bridgehead atoms. The van der Waals surface area contributed by atoms with Crippen LogP contribution >= 0.6 is 0 Å². The summed E-state index contributed by atoms with van der Waals surface area (Å²) in [5.41, 5.74) is 0.614. The third-order valence-electron chi connectivity index (χ3n) is 6.56. The number of urea groups is 1. The number of likely N-dealkylation sites (tertiary alicyclic amines) is 1. The van der Waals surface area contributed by atoms with Gasteiger partial charge in [-0.15, -0.1) is 0 Å². The van der Waals surface area contributed by atoms with E-state index in [9.17, 15) is 9.59 Å². The van der Waals surface area contributed by atoms with Crippen LogP contribution in [0.15, 0.2) is 18.2 Å². The molecule has 8 nitrogen and oxygen atoms in total. The van der Waals surface area contributed by atoms with Crippen LogP contribution in [0.25, 0.3) is 0 Å². The second kappa shape index (κ2) is 9.77. The molecule has 2 aliphatic heterocycles. The Morgan fingerprint density at radius 2 is 1.68 bits per heavy atom. The number of hydrogen-bond donors (Lipinski definition) is 1. The number of hydrogen-bond acceptors (Lipinski definition) is 5. The predicted molar refractivity (Wildman–Crippen MR) is 117 cm³/mol. The highest BCUT2D eigenvalue weighted by Crippen LogP contribution is 2.35. The maximum atomic E-state index is 13.1. The van der Waals surface area contributed by atoms with Gasteiger partial charge in [-0.25, -0.2) is 4.79 Å². The second-order valence-corrected chi connectivity index (χ2v) is 8.58. The number of methoxy groups -OCH3 is 2. The Bertz CT molecular complexity index is 783. The molecule has 0 atom stereocenters. The summed E-state index contributed by atoms with van der Waals surface area (Å²) in [5, 5.41) is 2.95. The van der Waals surface area contributed by atoms with Gasteiger partial charge in [0.1, 0.15) is 11.5 Å². The summed E-state index contributed by atoms with van der Waals surface area (Å²) in [6, 6.07) is 5.65. The van der Waals surface area contributed by atoms with Gasteiger partial charge in [-0.05, 0) is 50.7 Å². The van der Waals surface area contributed by atoms with E-state index in [1.165, 1.54) is 0 Å². The van der Waals surface area contributed by atoms with Crippen LogP contribution in [0.3, 0.4) is 0 Å². The average Bonchev–Trinajstić information content (AvgIpc) is 3.66.